The highest BCUT2D eigenvalue weighted by Crippen LogP contribution is 2.32. The summed E-state index contributed by atoms with van der Waals surface area (Å²) in [4.78, 5) is 12.1. The van der Waals surface area contributed by atoms with Crippen molar-refractivity contribution >= 4 is 16.6 Å². The summed E-state index contributed by atoms with van der Waals surface area (Å²) in [5.74, 6) is -0.0467. The highest BCUT2D eigenvalue weighted by Gasteiger charge is 2.13. The molecule has 0 bridgehead atoms. The molecule has 0 radical (unpaired) electrons. The van der Waals surface area contributed by atoms with Gasteiger partial charge in [-0.25, -0.2) is 0 Å². The van der Waals surface area contributed by atoms with Gasteiger partial charge in [-0.3, -0.25) is 4.79 Å². The minimum Gasteiger partial charge on any atom is -0.289 e. The molecule has 3 aromatic carbocycles. The first-order chi connectivity index (χ1) is 9.81. The Balaban J connectivity index is 2.41. The van der Waals surface area contributed by atoms with Gasteiger partial charge < -0.3 is 0 Å². The Labute approximate surface area is 118 Å². The Morgan fingerprint density at radius 2 is 1.55 bits per heavy atom. The third-order valence-corrected chi connectivity index (χ3v) is 3.44. The van der Waals surface area contributed by atoms with Crippen molar-refractivity contribution in [2.24, 2.45) is 0 Å². The fourth-order valence-electron chi connectivity index (χ4n) is 2.50. The van der Waals surface area contributed by atoms with Gasteiger partial charge in [0.15, 0.2) is 5.78 Å². The molecule has 0 saturated carbocycles. The second kappa shape index (κ2) is 5.14. The van der Waals surface area contributed by atoms with Crippen LogP contribution in [0.1, 0.15) is 10.4 Å². The summed E-state index contributed by atoms with van der Waals surface area (Å²) in [6.07, 6.45) is 1.37. The normalized spacial score (nSPS) is 10.4. The van der Waals surface area contributed by atoms with Gasteiger partial charge in [-0.15, -0.1) is 0 Å². The predicted molar refractivity (Wildman–Crippen MR) is 83.9 cm³/mol. The Bertz CT molecular complexity index is 785. The lowest BCUT2D eigenvalue weighted by Gasteiger charge is -2.11. The van der Waals surface area contributed by atoms with E-state index in [2.05, 4.69) is 18.7 Å². The van der Waals surface area contributed by atoms with Crippen LogP contribution in [0.2, 0.25) is 0 Å². The molecule has 96 valence electrons. The molecule has 3 rings (SSSR count). The number of benzene rings is 3. The van der Waals surface area contributed by atoms with Crippen molar-refractivity contribution in [3.63, 3.8) is 0 Å². The lowest BCUT2D eigenvalue weighted by molar-refractivity contribution is 0.104. The van der Waals surface area contributed by atoms with Crippen molar-refractivity contribution in [3.05, 3.63) is 84.9 Å². The lowest BCUT2D eigenvalue weighted by Crippen LogP contribution is -1.98. The summed E-state index contributed by atoms with van der Waals surface area (Å²) in [5.41, 5.74) is 2.73. The van der Waals surface area contributed by atoms with Crippen LogP contribution in [-0.4, -0.2) is 5.78 Å². The van der Waals surface area contributed by atoms with Crippen LogP contribution in [0.4, 0.5) is 0 Å². The third-order valence-electron chi connectivity index (χ3n) is 3.44. The molecule has 0 saturated heterocycles. The zero-order valence-corrected chi connectivity index (χ0v) is 11.0. The Hall–Kier alpha value is -2.67. The molecule has 0 atom stereocenters. The Morgan fingerprint density at radius 3 is 2.30 bits per heavy atom. The van der Waals surface area contributed by atoms with Gasteiger partial charge in [0, 0.05) is 11.1 Å². The van der Waals surface area contributed by atoms with Crippen molar-refractivity contribution in [3.8, 4) is 11.1 Å². The number of hydrogen-bond donors (Lipinski definition) is 0. The first kappa shape index (κ1) is 12.4. The molecule has 0 fully saturated rings. The van der Waals surface area contributed by atoms with Crippen molar-refractivity contribution in [1.29, 1.82) is 0 Å². The van der Waals surface area contributed by atoms with Crippen LogP contribution in [0.15, 0.2) is 79.4 Å². The lowest BCUT2D eigenvalue weighted by atomic mass is 9.91. The maximum absolute atomic E-state index is 12.1. The molecule has 0 spiro atoms. The van der Waals surface area contributed by atoms with Gasteiger partial charge in [0.1, 0.15) is 0 Å². The highest BCUT2D eigenvalue weighted by molar-refractivity contribution is 6.14. The van der Waals surface area contributed by atoms with Crippen LogP contribution in [0.5, 0.6) is 0 Å². The van der Waals surface area contributed by atoms with E-state index >= 15 is 0 Å². The summed E-state index contributed by atoms with van der Waals surface area (Å²) in [7, 11) is 0. The average Bonchev–Trinajstić information content (AvgIpc) is 2.53. The fraction of sp³-hybridized carbons (Fsp3) is 0. The van der Waals surface area contributed by atoms with Gasteiger partial charge in [0.25, 0.3) is 0 Å². The summed E-state index contributed by atoms with van der Waals surface area (Å²) < 4.78 is 0. The molecule has 0 amide bonds. The van der Waals surface area contributed by atoms with Crippen molar-refractivity contribution in [1.82, 2.24) is 0 Å². The van der Waals surface area contributed by atoms with Crippen LogP contribution < -0.4 is 0 Å². The highest BCUT2D eigenvalue weighted by atomic mass is 16.1. The molecule has 0 aliphatic carbocycles. The molecule has 0 aromatic heterocycles. The molecule has 0 unspecified atom stereocenters. The third kappa shape index (κ3) is 2.04. The van der Waals surface area contributed by atoms with E-state index < -0.39 is 0 Å². The first-order valence-corrected chi connectivity index (χ1v) is 6.55. The topological polar surface area (TPSA) is 17.1 Å². The number of carbonyl (C=O) groups excluding carboxylic acids is 1. The second-order valence-electron chi connectivity index (χ2n) is 4.64. The smallest absolute Gasteiger partial charge is 0.185 e. The summed E-state index contributed by atoms with van der Waals surface area (Å²) in [5, 5.41) is 2.22. The SMILES string of the molecule is C=CC(=O)c1ccc2ccccc2c1-c1ccccc1. The molecule has 0 heterocycles. The van der Waals surface area contributed by atoms with E-state index in [-0.39, 0.29) is 5.78 Å². The van der Waals surface area contributed by atoms with E-state index in [0.717, 1.165) is 21.9 Å². The van der Waals surface area contributed by atoms with Gasteiger partial charge in [0.05, 0.1) is 0 Å². The minimum absolute atomic E-state index is 0.0467. The molecule has 0 aliphatic rings. The largest absolute Gasteiger partial charge is 0.289 e. The monoisotopic (exact) mass is 258 g/mol. The maximum atomic E-state index is 12.1. The van der Waals surface area contributed by atoms with Gasteiger partial charge >= 0.3 is 0 Å². The summed E-state index contributed by atoms with van der Waals surface area (Å²) in [6.45, 7) is 3.60. The summed E-state index contributed by atoms with van der Waals surface area (Å²) >= 11 is 0. The van der Waals surface area contributed by atoms with E-state index in [1.807, 2.05) is 54.6 Å². The van der Waals surface area contributed by atoms with Crippen LogP contribution >= 0.6 is 0 Å². The van der Waals surface area contributed by atoms with Crippen LogP contribution in [-0.2, 0) is 0 Å². The molecule has 0 aliphatic heterocycles. The zero-order chi connectivity index (χ0) is 13.9. The summed E-state index contributed by atoms with van der Waals surface area (Å²) in [6, 6.07) is 22.0. The molecule has 0 N–H and O–H groups in total. The van der Waals surface area contributed by atoms with Crippen molar-refractivity contribution in [2.75, 3.05) is 0 Å². The van der Waals surface area contributed by atoms with Gasteiger partial charge in [-0.2, -0.15) is 0 Å². The number of ketones is 1. The molecule has 1 nitrogen and oxygen atoms in total. The van der Waals surface area contributed by atoms with Gasteiger partial charge in [0.2, 0.25) is 0 Å². The van der Waals surface area contributed by atoms with E-state index in [9.17, 15) is 4.79 Å². The second-order valence-corrected chi connectivity index (χ2v) is 4.64. The molecule has 1 heteroatoms. The van der Waals surface area contributed by atoms with E-state index in [1.165, 1.54) is 6.08 Å². The molecule has 20 heavy (non-hydrogen) atoms. The maximum Gasteiger partial charge on any atom is 0.185 e. The van der Waals surface area contributed by atoms with E-state index in [1.54, 1.807) is 0 Å². The molecular formula is C19H14O. The van der Waals surface area contributed by atoms with Crippen LogP contribution in [0.3, 0.4) is 0 Å². The first-order valence-electron chi connectivity index (χ1n) is 6.55. The van der Waals surface area contributed by atoms with Crippen molar-refractivity contribution < 1.29 is 4.79 Å². The van der Waals surface area contributed by atoms with Gasteiger partial charge in [-0.05, 0) is 28.5 Å². The molecular weight excluding hydrogens is 244 g/mol. The zero-order valence-electron chi connectivity index (χ0n) is 11.0. The molecule has 3 aromatic rings. The number of allylic oxidation sites excluding steroid dienone is 1. The van der Waals surface area contributed by atoms with Crippen LogP contribution in [0.25, 0.3) is 21.9 Å². The standard InChI is InChI=1S/C19H14O/c1-2-18(20)17-13-12-14-8-6-7-11-16(14)19(17)15-9-4-3-5-10-15/h2-13H,1H2. The number of hydrogen-bond acceptors (Lipinski definition) is 1. The predicted octanol–water partition coefficient (Wildman–Crippen LogP) is 4.88. The number of rotatable bonds is 3. The van der Waals surface area contributed by atoms with Crippen molar-refractivity contribution in [2.45, 2.75) is 0 Å². The average molecular weight is 258 g/mol. The van der Waals surface area contributed by atoms with E-state index in [0.29, 0.717) is 5.56 Å². The number of carbonyl (C=O) groups is 1. The van der Waals surface area contributed by atoms with Gasteiger partial charge in [-0.1, -0.05) is 67.2 Å². The fourth-order valence-corrected chi connectivity index (χ4v) is 2.50. The minimum atomic E-state index is -0.0467. The quantitative estimate of drug-likeness (QED) is 0.483. The Morgan fingerprint density at radius 1 is 0.850 bits per heavy atom. The number of fused-ring (bicyclic) bond motifs is 1. The van der Waals surface area contributed by atoms with Crippen LogP contribution in [0, 0.1) is 0 Å². The van der Waals surface area contributed by atoms with E-state index in [4.69, 9.17) is 0 Å². The Kier molecular flexibility index (Phi) is 3.18.